The molecule has 0 heterocycles. The zero-order valence-corrected chi connectivity index (χ0v) is 7.72. The SMILES string of the molecule is C.C.C.CC(C)=O.CNC(=O)NC(C)=O. The van der Waals surface area contributed by atoms with Crippen molar-refractivity contribution in [3.63, 3.8) is 0 Å². The van der Waals surface area contributed by atoms with E-state index in [1.165, 1.54) is 27.8 Å². The van der Waals surface area contributed by atoms with Crippen LogP contribution in [0, 0.1) is 0 Å². The molecule has 0 spiro atoms. The lowest BCUT2D eigenvalue weighted by molar-refractivity contribution is -0.118. The Hall–Kier alpha value is -1.39. The standard InChI is InChI=1S/C4H8N2O2.C3H6O.3CH4/c1-3(7)6-4(8)5-2;1-3(2)4;;;/h1-2H3,(H2,5,6,7,8);1-2H3;3*1H4. The van der Waals surface area contributed by atoms with Gasteiger partial charge in [-0.25, -0.2) is 4.79 Å². The molecule has 0 unspecified atom stereocenters. The van der Waals surface area contributed by atoms with E-state index in [1.807, 2.05) is 5.32 Å². The lowest BCUT2D eigenvalue weighted by atomic mass is 10.6. The van der Waals surface area contributed by atoms with Crippen LogP contribution in [0.2, 0.25) is 0 Å². The predicted molar refractivity (Wildman–Crippen MR) is 64.8 cm³/mol. The minimum absolute atomic E-state index is 0. The topological polar surface area (TPSA) is 75.3 Å². The highest BCUT2D eigenvalue weighted by Gasteiger charge is 1.95. The molecule has 0 bridgehead atoms. The molecule has 0 aliphatic heterocycles. The van der Waals surface area contributed by atoms with E-state index in [4.69, 9.17) is 0 Å². The van der Waals surface area contributed by atoms with Crippen LogP contribution in [0.3, 0.4) is 0 Å². The maximum atomic E-state index is 10.2. The van der Waals surface area contributed by atoms with Gasteiger partial charge in [-0.2, -0.15) is 0 Å². The molecule has 0 aromatic rings. The summed E-state index contributed by atoms with van der Waals surface area (Å²) in [6.45, 7) is 4.33. The fourth-order valence-corrected chi connectivity index (χ4v) is 0.222. The first-order chi connectivity index (χ1) is 5.40. The molecule has 0 radical (unpaired) electrons. The van der Waals surface area contributed by atoms with E-state index in [0.29, 0.717) is 0 Å². The van der Waals surface area contributed by atoms with Crippen molar-refractivity contribution in [2.75, 3.05) is 7.05 Å². The first kappa shape index (κ1) is 29.2. The maximum Gasteiger partial charge on any atom is 0.321 e. The Kier molecular flexibility index (Phi) is 35.8. The van der Waals surface area contributed by atoms with Gasteiger partial charge in [0.2, 0.25) is 5.91 Å². The first-order valence-corrected chi connectivity index (χ1v) is 3.36. The normalized spacial score (nSPS) is 5.87. The minimum Gasteiger partial charge on any atom is -0.341 e. The van der Waals surface area contributed by atoms with Crippen LogP contribution >= 0.6 is 0 Å². The van der Waals surface area contributed by atoms with Crippen LogP contribution in [0.4, 0.5) is 4.79 Å². The zero-order chi connectivity index (χ0) is 10.1. The summed E-state index contributed by atoms with van der Waals surface area (Å²) in [5.41, 5.74) is 0. The summed E-state index contributed by atoms with van der Waals surface area (Å²) < 4.78 is 0. The molecule has 0 aliphatic rings. The number of imide groups is 1. The molecule has 94 valence electrons. The zero-order valence-electron chi connectivity index (χ0n) is 7.72. The van der Waals surface area contributed by atoms with Crippen LogP contribution in [-0.2, 0) is 9.59 Å². The molecule has 0 aliphatic carbocycles. The third-order valence-electron chi connectivity index (χ3n) is 0.517. The van der Waals surface area contributed by atoms with Crippen molar-refractivity contribution in [1.82, 2.24) is 10.6 Å². The van der Waals surface area contributed by atoms with Crippen LogP contribution in [0.25, 0.3) is 0 Å². The lowest BCUT2D eigenvalue weighted by Crippen LogP contribution is -2.35. The van der Waals surface area contributed by atoms with Gasteiger partial charge in [-0.15, -0.1) is 0 Å². The van der Waals surface area contributed by atoms with Crippen molar-refractivity contribution >= 4 is 17.7 Å². The van der Waals surface area contributed by atoms with Gasteiger partial charge in [-0.05, 0) is 13.8 Å². The van der Waals surface area contributed by atoms with Gasteiger partial charge in [0.15, 0.2) is 0 Å². The molecular formula is C10H26N2O3. The van der Waals surface area contributed by atoms with Gasteiger partial charge in [0, 0.05) is 14.0 Å². The molecule has 0 aromatic heterocycles. The van der Waals surface area contributed by atoms with Crippen LogP contribution < -0.4 is 10.6 Å². The van der Waals surface area contributed by atoms with E-state index in [9.17, 15) is 14.4 Å². The maximum absolute atomic E-state index is 10.2. The Balaban J connectivity index is -0.0000000424. The molecule has 0 aromatic carbocycles. The summed E-state index contributed by atoms with van der Waals surface area (Å²) in [4.78, 5) is 29.7. The van der Waals surface area contributed by atoms with Crippen LogP contribution in [0.5, 0.6) is 0 Å². The second kappa shape index (κ2) is 18.4. The first-order valence-electron chi connectivity index (χ1n) is 3.36. The fraction of sp³-hybridized carbons (Fsp3) is 0.700. The summed E-state index contributed by atoms with van der Waals surface area (Å²) in [6.07, 6.45) is 0. The van der Waals surface area contributed by atoms with Crippen LogP contribution in [0.1, 0.15) is 43.1 Å². The molecule has 5 heteroatoms. The smallest absolute Gasteiger partial charge is 0.321 e. The number of carbonyl (C=O) groups excluding carboxylic acids is 3. The summed E-state index contributed by atoms with van der Waals surface area (Å²) >= 11 is 0. The Morgan fingerprint density at radius 2 is 1.13 bits per heavy atom. The van der Waals surface area contributed by atoms with Crippen molar-refractivity contribution in [3.05, 3.63) is 0 Å². The number of hydrogen-bond donors (Lipinski definition) is 2. The van der Waals surface area contributed by atoms with Gasteiger partial charge in [0.1, 0.15) is 5.78 Å². The Labute approximate surface area is 93.6 Å². The number of urea groups is 1. The highest BCUT2D eigenvalue weighted by atomic mass is 16.2. The molecular weight excluding hydrogens is 196 g/mol. The monoisotopic (exact) mass is 222 g/mol. The van der Waals surface area contributed by atoms with E-state index < -0.39 is 6.03 Å². The average molecular weight is 222 g/mol. The van der Waals surface area contributed by atoms with Gasteiger partial charge in [0.25, 0.3) is 0 Å². The van der Waals surface area contributed by atoms with Crippen molar-refractivity contribution in [2.24, 2.45) is 0 Å². The third kappa shape index (κ3) is 66.8. The van der Waals surface area contributed by atoms with Crippen molar-refractivity contribution in [2.45, 2.75) is 43.1 Å². The quantitative estimate of drug-likeness (QED) is 0.658. The number of Topliss-reactive ketones (excluding diaryl/α,β-unsaturated/α-hetero) is 1. The predicted octanol–water partition coefficient (Wildman–Crippen LogP) is 1.97. The van der Waals surface area contributed by atoms with Crippen molar-refractivity contribution < 1.29 is 14.4 Å². The van der Waals surface area contributed by atoms with E-state index >= 15 is 0 Å². The third-order valence-corrected chi connectivity index (χ3v) is 0.517. The lowest BCUT2D eigenvalue weighted by Gasteiger charge is -1.95. The van der Waals surface area contributed by atoms with E-state index in [1.54, 1.807) is 0 Å². The van der Waals surface area contributed by atoms with Gasteiger partial charge in [-0.1, -0.05) is 22.3 Å². The number of nitrogens with one attached hydrogen (secondary N) is 2. The molecule has 3 amide bonds. The molecule has 0 rings (SSSR count). The Morgan fingerprint density at radius 3 is 1.20 bits per heavy atom. The summed E-state index contributed by atoms with van der Waals surface area (Å²) in [7, 11) is 1.44. The molecule has 15 heavy (non-hydrogen) atoms. The largest absolute Gasteiger partial charge is 0.341 e. The van der Waals surface area contributed by atoms with E-state index in [-0.39, 0.29) is 34.0 Å². The van der Waals surface area contributed by atoms with Gasteiger partial charge in [0.05, 0.1) is 0 Å². The summed E-state index contributed by atoms with van der Waals surface area (Å²) in [5.74, 6) is -0.190. The van der Waals surface area contributed by atoms with Crippen molar-refractivity contribution in [1.29, 1.82) is 0 Å². The summed E-state index contributed by atoms with van der Waals surface area (Å²) in [6, 6.07) is -0.475. The van der Waals surface area contributed by atoms with Crippen LogP contribution in [-0.4, -0.2) is 24.8 Å². The van der Waals surface area contributed by atoms with Gasteiger partial charge in [-0.3, -0.25) is 10.1 Å². The number of rotatable bonds is 0. The fourth-order valence-electron chi connectivity index (χ4n) is 0.222. The highest BCUT2D eigenvalue weighted by Crippen LogP contribution is 1.60. The number of ketones is 1. The van der Waals surface area contributed by atoms with E-state index in [2.05, 4.69) is 5.32 Å². The number of amides is 3. The second-order valence-electron chi connectivity index (χ2n) is 2.17. The van der Waals surface area contributed by atoms with E-state index in [0.717, 1.165) is 0 Å². The molecule has 5 nitrogen and oxygen atoms in total. The Morgan fingerprint density at radius 1 is 0.867 bits per heavy atom. The summed E-state index contributed by atoms with van der Waals surface area (Å²) in [5, 5.41) is 4.23. The molecule has 0 atom stereocenters. The van der Waals surface area contributed by atoms with Crippen LogP contribution in [0.15, 0.2) is 0 Å². The second-order valence-corrected chi connectivity index (χ2v) is 2.17. The average Bonchev–Trinajstić information content (AvgIpc) is 1.84. The van der Waals surface area contributed by atoms with Gasteiger partial charge >= 0.3 is 6.03 Å². The minimum atomic E-state index is -0.475. The molecule has 0 fully saturated rings. The molecule has 2 N–H and O–H groups in total. The number of carbonyl (C=O) groups is 3. The van der Waals surface area contributed by atoms with Crippen molar-refractivity contribution in [3.8, 4) is 0 Å². The molecule has 0 saturated heterocycles. The molecule has 0 saturated carbocycles. The van der Waals surface area contributed by atoms with Gasteiger partial charge < -0.3 is 10.1 Å². The highest BCUT2D eigenvalue weighted by molar-refractivity contribution is 5.92. The number of hydrogen-bond acceptors (Lipinski definition) is 3. The Bertz CT molecular complexity index is 176.